The molecule has 0 unspecified atom stereocenters. The Kier molecular flexibility index (Phi) is 3.43. The zero-order valence-electron chi connectivity index (χ0n) is 9.20. The van der Waals surface area contributed by atoms with E-state index < -0.39 is 0 Å². The van der Waals surface area contributed by atoms with E-state index in [4.69, 9.17) is 4.74 Å². The zero-order valence-corrected chi connectivity index (χ0v) is 9.20. The Labute approximate surface area is 90.9 Å². The molecule has 1 N–H and O–H groups in total. The van der Waals surface area contributed by atoms with Gasteiger partial charge in [-0.2, -0.15) is 4.98 Å². The molecule has 1 fully saturated rings. The topological polar surface area (TPSA) is 34.1 Å². The van der Waals surface area contributed by atoms with Gasteiger partial charge in [0.15, 0.2) is 0 Å². The van der Waals surface area contributed by atoms with E-state index in [0.717, 1.165) is 18.3 Å². The van der Waals surface area contributed by atoms with Crippen molar-refractivity contribution >= 4 is 5.82 Å². The van der Waals surface area contributed by atoms with E-state index in [-0.39, 0.29) is 0 Å². The van der Waals surface area contributed by atoms with Crippen molar-refractivity contribution in [3.63, 3.8) is 0 Å². The van der Waals surface area contributed by atoms with Crippen molar-refractivity contribution in [3.8, 4) is 5.88 Å². The molecule has 2 rings (SSSR count). The summed E-state index contributed by atoms with van der Waals surface area (Å²) in [6.07, 6.45) is 4.09. The minimum atomic E-state index is 0.665. The molecule has 1 saturated carbocycles. The second-order valence-corrected chi connectivity index (χ2v) is 3.95. The van der Waals surface area contributed by atoms with E-state index in [2.05, 4.69) is 10.3 Å². The zero-order chi connectivity index (χ0) is 10.5. The molecule has 0 amide bonds. The molecule has 1 heterocycles. The highest BCUT2D eigenvalue weighted by Crippen LogP contribution is 2.32. The maximum atomic E-state index is 5.34. The fourth-order valence-corrected chi connectivity index (χ4v) is 1.55. The minimum absolute atomic E-state index is 0.665. The van der Waals surface area contributed by atoms with Gasteiger partial charge in [0, 0.05) is 12.6 Å². The number of nitrogens with one attached hydrogen (secondary N) is 1. The Morgan fingerprint density at radius 2 is 2.33 bits per heavy atom. The molecular weight excluding hydrogens is 188 g/mol. The van der Waals surface area contributed by atoms with Gasteiger partial charge in [0.25, 0.3) is 0 Å². The third-order valence-corrected chi connectivity index (χ3v) is 2.57. The fraction of sp³-hybridized carbons (Fsp3) is 0.583. The van der Waals surface area contributed by atoms with Crippen LogP contribution in [0.15, 0.2) is 18.2 Å². The van der Waals surface area contributed by atoms with E-state index in [0.29, 0.717) is 12.5 Å². The van der Waals surface area contributed by atoms with Crippen LogP contribution in [0, 0.1) is 5.92 Å². The van der Waals surface area contributed by atoms with E-state index in [1.54, 1.807) is 0 Å². The predicted molar refractivity (Wildman–Crippen MR) is 61.2 cm³/mol. The molecule has 3 nitrogen and oxygen atoms in total. The highest BCUT2D eigenvalue weighted by molar-refractivity contribution is 5.36. The summed E-state index contributed by atoms with van der Waals surface area (Å²) in [7, 11) is 0. The van der Waals surface area contributed by atoms with E-state index >= 15 is 0 Å². The van der Waals surface area contributed by atoms with Crippen molar-refractivity contribution in [1.29, 1.82) is 0 Å². The largest absolute Gasteiger partial charge is 0.478 e. The molecule has 82 valence electrons. The van der Waals surface area contributed by atoms with Gasteiger partial charge < -0.3 is 10.1 Å². The van der Waals surface area contributed by atoms with Gasteiger partial charge in [0.2, 0.25) is 5.88 Å². The molecular formula is C12H18N2O. The van der Waals surface area contributed by atoms with Crippen LogP contribution >= 0.6 is 0 Å². The fourth-order valence-electron chi connectivity index (χ4n) is 1.55. The van der Waals surface area contributed by atoms with Crippen molar-refractivity contribution < 1.29 is 4.74 Å². The van der Waals surface area contributed by atoms with Crippen molar-refractivity contribution in [2.45, 2.75) is 26.2 Å². The number of ether oxygens (including phenoxy) is 1. The first-order valence-electron chi connectivity index (χ1n) is 5.72. The normalized spacial score (nSPS) is 15.0. The molecule has 0 spiro atoms. The summed E-state index contributed by atoms with van der Waals surface area (Å²) in [6.45, 7) is 3.65. The van der Waals surface area contributed by atoms with Crippen molar-refractivity contribution in [3.05, 3.63) is 18.2 Å². The number of nitrogens with zero attached hydrogens (tertiary/aromatic N) is 1. The van der Waals surface area contributed by atoms with Crippen LogP contribution < -0.4 is 10.1 Å². The van der Waals surface area contributed by atoms with Crippen LogP contribution in [0.3, 0.4) is 0 Å². The van der Waals surface area contributed by atoms with Crippen LogP contribution in [0.1, 0.15) is 26.2 Å². The van der Waals surface area contributed by atoms with Crippen LogP contribution in [0.4, 0.5) is 5.82 Å². The Morgan fingerprint density at radius 1 is 1.47 bits per heavy atom. The summed E-state index contributed by atoms with van der Waals surface area (Å²) >= 11 is 0. The van der Waals surface area contributed by atoms with Gasteiger partial charge in [-0.15, -0.1) is 0 Å². The maximum Gasteiger partial charge on any atom is 0.215 e. The van der Waals surface area contributed by atoms with Gasteiger partial charge in [-0.25, -0.2) is 0 Å². The van der Waals surface area contributed by atoms with Crippen LogP contribution in [-0.2, 0) is 0 Å². The predicted octanol–water partition coefficient (Wildman–Crippen LogP) is 2.69. The second-order valence-electron chi connectivity index (χ2n) is 3.95. The van der Waals surface area contributed by atoms with Crippen molar-refractivity contribution in [2.24, 2.45) is 5.92 Å². The number of pyridine rings is 1. The van der Waals surface area contributed by atoms with Gasteiger partial charge in [-0.05, 0) is 25.3 Å². The Bertz CT molecular complexity index is 310. The number of hydrogen-bond donors (Lipinski definition) is 1. The lowest BCUT2D eigenvalue weighted by Gasteiger charge is -2.07. The average molecular weight is 206 g/mol. The third-order valence-electron chi connectivity index (χ3n) is 2.57. The number of hydrogen-bond acceptors (Lipinski definition) is 3. The molecule has 0 saturated heterocycles. The first-order valence-corrected chi connectivity index (χ1v) is 5.72. The lowest BCUT2D eigenvalue weighted by molar-refractivity contribution is 0.327. The van der Waals surface area contributed by atoms with Crippen LogP contribution in [0.5, 0.6) is 5.88 Å². The monoisotopic (exact) mass is 206 g/mol. The third kappa shape index (κ3) is 3.42. The molecule has 0 radical (unpaired) electrons. The van der Waals surface area contributed by atoms with Gasteiger partial charge in [0.05, 0.1) is 6.61 Å². The molecule has 0 atom stereocenters. The summed E-state index contributed by atoms with van der Waals surface area (Å²) in [5.41, 5.74) is 0. The molecule has 1 aliphatic carbocycles. The number of anilines is 1. The highest BCUT2D eigenvalue weighted by atomic mass is 16.5. The van der Waals surface area contributed by atoms with Crippen molar-refractivity contribution in [1.82, 2.24) is 4.98 Å². The van der Waals surface area contributed by atoms with Crippen LogP contribution in [0.2, 0.25) is 0 Å². The molecule has 3 heteroatoms. The highest BCUT2D eigenvalue weighted by Gasteiger charge is 2.20. The summed E-state index contributed by atoms with van der Waals surface area (Å²) in [5, 5.41) is 3.32. The molecule has 0 aromatic carbocycles. The lowest BCUT2D eigenvalue weighted by atomic mass is 10.3. The number of aromatic nitrogens is 1. The van der Waals surface area contributed by atoms with E-state index in [1.165, 1.54) is 19.3 Å². The molecule has 15 heavy (non-hydrogen) atoms. The summed E-state index contributed by atoms with van der Waals surface area (Å²) in [5.74, 6) is 2.59. The first-order chi connectivity index (χ1) is 7.38. The average Bonchev–Trinajstić information content (AvgIpc) is 3.03. The summed E-state index contributed by atoms with van der Waals surface area (Å²) in [4.78, 5) is 4.35. The summed E-state index contributed by atoms with van der Waals surface area (Å²) < 4.78 is 5.34. The Balaban J connectivity index is 1.80. The standard InChI is InChI=1S/C12H18N2O/c1-2-15-12-5-3-4-11(14-12)13-9-8-10-6-7-10/h3-5,10H,2,6-9H2,1H3,(H,13,14). The summed E-state index contributed by atoms with van der Waals surface area (Å²) in [6, 6.07) is 5.84. The molecule has 1 aromatic rings. The van der Waals surface area contributed by atoms with Crippen LogP contribution in [0.25, 0.3) is 0 Å². The molecule has 1 aromatic heterocycles. The van der Waals surface area contributed by atoms with Gasteiger partial charge >= 0.3 is 0 Å². The Morgan fingerprint density at radius 3 is 3.07 bits per heavy atom. The van der Waals surface area contributed by atoms with Gasteiger partial charge in [-0.1, -0.05) is 18.9 Å². The Hall–Kier alpha value is -1.25. The quantitative estimate of drug-likeness (QED) is 0.777. The second kappa shape index (κ2) is 5.01. The van der Waals surface area contributed by atoms with E-state index in [1.807, 2.05) is 25.1 Å². The lowest BCUT2D eigenvalue weighted by Crippen LogP contribution is -2.04. The van der Waals surface area contributed by atoms with E-state index in [9.17, 15) is 0 Å². The molecule has 1 aliphatic rings. The van der Waals surface area contributed by atoms with Crippen LogP contribution in [-0.4, -0.2) is 18.1 Å². The number of rotatable bonds is 6. The maximum absolute atomic E-state index is 5.34. The van der Waals surface area contributed by atoms with Gasteiger partial charge in [-0.3, -0.25) is 0 Å². The minimum Gasteiger partial charge on any atom is -0.478 e. The molecule has 0 bridgehead atoms. The smallest absolute Gasteiger partial charge is 0.215 e. The SMILES string of the molecule is CCOc1cccc(NCCC2CC2)n1. The first kappa shape index (κ1) is 10.3. The molecule has 0 aliphatic heterocycles. The van der Waals surface area contributed by atoms with Gasteiger partial charge in [0.1, 0.15) is 5.82 Å². The van der Waals surface area contributed by atoms with Crippen molar-refractivity contribution in [2.75, 3.05) is 18.5 Å².